The summed E-state index contributed by atoms with van der Waals surface area (Å²) in [4.78, 5) is 11.5. The standard InChI is InChI=1S/C17H21N3O2/c1-2-13-16-11(10-18)6-5-9-15(16)20(19-13)14-8-4-3-7-12(14)17(21)22/h3-4,7-8,11H,2,5-6,9-10,18H2,1H3,(H,21,22). The van der Waals surface area contributed by atoms with Crippen molar-refractivity contribution in [1.82, 2.24) is 9.78 Å². The van der Waals surface area contributed by atoms with E-state index in [1.807, 2.05) is 16.8 Å². The van der Waals surface area contributed by atoms with E-state index < -0.39 is 5.97 Å². The molecular formula is C17H21N3O2. The van der Waals surface area contributed by atoms with Gasteiger partial charge in [-0.15, -0.1) is 0 Å². The number of rotatable bonds is 4. The van der Waals surface area contributed by atoms with E-state index in [-0.39, 0.29) is 5.56 Å². The number of para-hydroxylation sites is 1. The molecule has 0 spiro atoms. The van der Waals surface area contributed by atoms with Crippen LogP contribution in [0.2, 0.25) is 0 Å². The number of carbonyl (C=O) groups is 1. The summed E-state index contributed by atoms with van der Waals surface area (Å²) in [5.74, 6) is -0.589. The molecule has 1 aromatic carbocycles. The van der Waals surface area contributed by atoms with Gasteiger partial charge in [0.25, 0.3) is 0 Å². The number of hydrogen-bond donors (Lipinski definition) is 2. The van der Waals surface area contributed by atoms with Gasteiger partial charge in [-0.3, -0.25) is 0 Å². The average molecular weight is 299 g/mol. The Kier molecular flexibility index (Phi) is 3.98. The zero-order chi connectivity index (χ0) is 15.7. The molecule has 0 radical (unpaired) electrons. The molecule has 116 valence electrons. The summed E-state index contributed by atoms with van der Waals surface area (Å²) >= 11 is 0. The molecule has 1 aliphatic carbocycles. The fourth-order valence-corrected chi connectivity index (χ4v) is 3.42. The highest BCUT2D eigenvalue weighted by Gasteiger charge is 2.28. The third kappa shape index (κ3) is 2.31. The average Bonchev–Trinajstić information content (AvgIpc) is 2.93. The Hall–Kier alpha value is -2.14. The zero-order valence-corrected chi connectivity index (χ0v) is 12.7. The highest BCUT2D eigenvalue weighted by molar-refractivity contribution is 5.91. The summed E-state index contributed by atoms with van der Waals surface area (Å²) in [6, 6.07) is 7.04. The van der Waals surface area contributed by atoms with E-state index >= 15 is 0 Å². The van der Waals surface area contributed by atoms with Gasteiger partial charge in [-0.1, -0.05) is 19.1 Å². The Balaban J connectivity index is 2.21. The summed E-state index contributed by atoms with van der Waals surface area (Å²) in [5.41, 5.74) is 10.3. The van der Waals surface area contributed by atoms with Gasteiger partial charge in [0, 0.05) is 11.3 Å². The van der Waals surface area contributed by atoms with Crippen LogP contribution in [0.3, 0.4) is 0 Å². The van der Waals surface area contributed by atoms with E-state index in [1.54, 1.807) is 12.1 Å². The van der Waals surface area contributed by atoms with E-state index in [4.69, 9.17) is 10.8 Å². The van der Waals surface area contributed by atoms with Gasteiger partial charge in [0.2, 0.25) is 0 Å². The van der Waals surface area contributed by atoms with Crippen molar-refractivity contribution in [3.05, 3.63) is 46.8 Å². The fourth-order valence-electron chi connectivity index (χ4n) is 3.42. The Morgan fingerprint density at radius 2 is 2.23 bits per heavy atom. The fraction of sp³-hybridized carbons (Fsp3) is 0.412. The zero-order valence-electron chi connectivity index (χ0n) is 12.7. The molecule has 0 bridgehead atoms. The number of carboxylic acid groups (broad SMARTS) is 1. The molecule has 22 heavy (non-hydrogen) atoms. The SMILES string of the molecule is CCc1nn(-c2ccccc2C(=O)O)c2c1C(CN)CCC2. The topological polar surface area (TPSA) is 81.1 Å². The molecule has 5 heteroatoms. The van der Waals surface area contributed by atoms with Crippen LogP contribution in [-0.2, 0) is 12.8 Å². The first-order chi connectivity index (χ1) is 10.7. The minimum atomic E-state index is -0.927. The maximum atomic E-state index is 11.5. The van der Waals surface area contributed by atoms with Crippen molar-refractivity contribution in [2.24, 2.45) is 5.73 Å². The molecule has 0 saturated carbocycles. The molecule has 1 atom stereocenters. The van der Waals surface area contributed by atoms with E-state index in [9.17, 15) is 9.90 Å². The number of nitrogens with two attached hydrogens (primary N) is 1. The van der Waals surface area contributed by atoms with E-state index in [0.717, 1.165) is 37.1 Å². The lowest BCUT2D eigenvalue weighted by atomic mass is 9.84. The molecule has 5 nitrogen and oxygen atoms in total. The van der Waals surface area contributed by atoms with Crippen molar-refractivity contribution in [3.63, 3.8) is 0 Å². The van der Waals surface area contributed by atoms with Crippen LogP contribution in [0, 0.1) is 0 Å². The molecule has 1 aliphatic rings. The first-order valence-corrected chi connectivity index (χ1v) is 7.80. The molecule has 2 aromatic rings. The van der Waals surface area contributed by atoms with Crippen LogP contribution in [0.1, 0.15) is 53.0 Å². The quantitative estimate of drug-likeness (QED) is 0.909. The Labute approximate surface area is 129 Å². The van der Waals surface area contributed by atoms with Crippen LogP contribution < -0.4 is 5.73 Å². The molecule has 0 aliphatic heterocycles. The van der Waals surface area contributed by atoms with E-state index in [1.165, 1.54) is 5.56 Å². The van der Waals surface area contributed by atoms with Crippen molar-refractivity contribution >= 4 is 5.97 Å². The lowest BCUT2D eigenvalue weighted by molar-refractivity contribution is 0.0696. The predicted molar refractivity (Wildman–Crippen MR) is 84.6 cm³/mol. The summed E-state index contributed by atoms with van der Waals surface area (Å²) in [6.45, 7) is 2.70. The molecule has 0 amide bonds. The number of nitrogens with zero attached hydrogens (tertiary/aromatic N) is 2. The van der Waals surface area contributed by atoms with Crippen LogP contribution in [0.15, 0.2) is 24.3 Å². The van der Waals surface area contributed by atoms with Crippen LogP contribution in [-0.4, -0.2) is 27.4 Å². The smallest absolute Gasteiger partial charge is 0.337 e. The monoisotopic (exact) mass is 299 g/mol. The first-order valence-electron chi connectivity index (χ1n) is 7.80. The molecule has 3 rings (SSSR count). The van der Waals surface area contributed by atoms with Crippen molar-refractivity contribution < 1.29 is 9.90 Å². The van der Waals surface area contributed by atoms with E-state index in [2.05, 4.69) is 6.92 Å². The molecule has 1 heterocycles. The van der Waals surface area contributed by atoms with Gasteiger partial charge >= 0.3 is 5.97 Å². The minimum absolute atomic E-state index is 0.283. The maximum absolute atomic E-state index is 11.5. The molecule has 1 aromatic heterocycles. The van der Waals surface area contributed by atoms with Crippen molar-refractivity contribution in [2.75, 3.05) is 6.54 Å². The molecule has 3 N–H and O–H groups in total. The van der Waals surface area contributed by atoms with Gasteiger partial charge in [0.1, 0.15) is 0 Å². The van der Waals surface area contributed by atoms with Crippen molar-refractivity contribution in [2.45, 2.75) is 38.5 Å². The molecule has 0 fully saturated rings. The van der Waals surface area contributed by atoms with Gasteiger partial charge in [-0.25, -0.2) is 9.48 Å². The van der Waals surface area contributed by atoms with Gasteiger partial charge < -0.3 is 10.8 Å². The summed E-state index contributed by atoms with van der Waals surface area (Å²) in [6.07, 6.45) is 3.91. The van der Waals surface area contributed by atoms with Crippen LogP contribution >= 0.6 is 0 Å². The number of aromatic carboxylic acids is 1. The van der Waals surface area contributed by atoms with E-state index in [0.29, 0.717) is 18.2 Å². The minimum Gasteiger partial charge on any atom is -0.478 e. The van der Waals surface area contributed by atoms with Gasteiger partial charge in [-0.05, 0) is 50.3 Å². The number of hydrogen-bond acceptors (Lipinski definition) is 3. The predicted octanol–water partition coefficient (Wildman–Crippen LogP) is 2.51. The third-order valence-electron chi connectivity index (χ3n) is 4.45. The van der Waals surface area contributed by atoms with Gasteiger partial charge in [-0.2, -0.15) is 5.10 Å². The molecule has 1 unspecified atom stereocenters. The normalized spacial score (nSPS) is 17.3. The van der Waals surface area contributed by atoms with Gasteiger partial charge in [0.05, 0.1) is 16.9 Å². The number of aromatic nitrogens is 2. The number of aryl methyl sites for hydroxylation is 1. The lowest BCUT2D eigenvalue weighted by Crippen LogP contribution is -2.20. The van der Waals surface area contributed by atoms with Crippen LogP contribution in [0.5, 0.6) is 0 Å². The third-order valence-corrected chi connectivity index (χ3v) is 4.45. The number of fused-ring (bicyclic) bond motifs is 1. The van der Waals surface area contributed by atoms with Gasteiger partial charge in [0.15, 0.2) is 0 Å². The highest BCUT2D eigenvalue weighted by Crippen LogP contribution is 2.35. The second kappa shape index (κ2) is 5.93. The molecule has 0 saturated heterocycles. The van der Waals surface area contributed by atoms with Crippen LogP contribution in [0.25, 0.3) is 5.69 Å². The highest BCUT2D eigenvalue weighted by atomic mass is 16.4. The first kappa shape index (κ1) is 14.8. The summed E-state index contributed by atoms with van der Waals surface area (Å²) in [5, 5.41) is 14.2. The van der Waals surface area contributed by atoms with Crippen LogP contribution in [0.4, 0.5) is 0 Å². The second-order valence-corrected chi connectivity index (χ2v) is 5.72. The Morgan fingerprint density at radius 1 is 1.45 bits per heavy atom. The lowest BCUT2D eigenvalue weighted by Gasteiger charge is -2.23. The molecular weight excluding hydrogens is 278 g/mol. The van der Waals surface area contributed by atoms with Crippen molar-refractivity contribution in [1.29, 1.82) is 0 Å². The van der Waals surface area contributed by atoms with Crippen molar-refractivity contribution in [3.8, 4) is 5.69 Å². The Morgan fingerprint density at radius 3 is 2.91 bits per heavy atom. The Bertz CT molecular complexity index is 706. The maximum Gasteiger partial charge on any atom is 0.337 e. The second-order valence-electron chi connectivity index (χ2n) is 5.72. The number of carboxylic acids is 1. The largest absolute Gasteiger partial charge is 0.478 e. The number of benzene rings is 1. The summed E-state index contributed by atoms with van der Waals surface area (Å²) in [7, 11) is 0. The summed E-state index contributed by atoms with van der Waals surface area (Å²) < 4.78 is 1.83.